The van der Waals surface area contributed by atoms with Gasteiger partial charge in [0.05, 0.1) is 28.6 Å². The van der Waals surface area contributed by atoms with Crippen LogP contribution in [-0.2, 0) is 11.3 Å². The molecule has 4 aromatic rings. The lowest BCUT2D eigenvalue weighted by Crippen LogP contribution is -2.28. The predicted molar refractivity (Wildman–Crippen MR) is 108 cm³/mol. The molecule has 1 amide bonds. The van der Waals surface area contributed by atoms with Gasteiger partial charge in [-0.05, 0) is 43.3 Å². The summed E-state index contributed by atoms with van der Waals surface area (Å²) in [5, 5.41) is 7.76. The van der Waals surface area contributed by atoms with Gasteiger partial charge in [-0.15, -0.1) is 0 Å². The third-order valence-electron chi connectivity index (χ3n) is 4.25. The maximum Gasteiger partial charge on any atom is 0.261 e. The Bertz CT molecular complexity index is 1300. The van der Waals surface area contributed by atoms with Gasteiger partial charge in [-0.25, -0.2) is 14.1 Å². The largest absolute Gasteiger partial charge is 0.309 e. The molecule has 0 saturated carbocycles. The number of carbonyl (C=O) groups is 1. The fraction of sp³-hybridized carbons (Fsp3) is 0.100. The van der Waals surface area contributed by atoms with Crippen LogP contribution < -0.4 is 10.9 Å². The Hall–Kier alpha value is -3.52. The van der Waals surface area contributed by atoms with Gasteiger partial charge in [0.25, 0.3) is 5.56 Å². The molecule has 0 atom stereocenters. The second-order valence-electron chi connectivity index (χ2n) is 6.45. The highest BCUT2D eigenvalue weighted by Gasteiger charge is 2.13. The van der Waals surface area contributed by atoms with Gasteiger partial charge in [0, 0.05) is 11.1 Å². The van der Waals surface area contributed by atoms with E-state index in [4.69, 9.17) is 11.6 Å². The number of fused-ring (bicyclic) bond motifs is 1. The molecule has 0 radical (unpaired) electrons. The minimum atomic E-state index is -0.542. The first-order chi connectivity index (χ1) is 13.9. The van der Waals surface area contributed by atoms with Crippen LogP contribution in [0.4, 0.5) is 10.2 Å². The quantitative estimate of drug-likeness (QED) is 0.558. The molecule has 0 fully saturated rings. The van der Waals surface area contributed by atoms with Crippen LogP contribution in [-0.4, -0.2) is 25.2 Å². The summed E-state index contributed by atoms with van der Waals surface area (Å²) >= 11 is 6.04. The first-order valence-corrected chi connectivity index (χ1v) is 9.06. The molecule has 2 aromatic carbocycles. The first-order valence-electron chi connectivity index (χ1n) is 8.68. The summed E-state index contributed by atoms with van der Waals surface area (Å²) in [6.45, 7) is 1.51. The summed E-state index contributed by atoms with van der Waals surface area (Å²) in [5.74, 6) is -0.560. The van der Waals surface area contributed by atoms with E-state index in [0.29, 0.717) is 27.7 Å². The van der Waals surface area contributed by atoms with Crippen LogP contribution in [0.25, 0.3) is 16.6 Å². The van der Waals surface area contributed by atoms with E-state index in [1.54, 1.807) is 41.9 Å². The average Bonchev–Trinajstić information content (AvgIpc) is 3.04. The molecule has 0 unspecified atom stereocenters. The van der Waals surface area contributed by atoms with E-state index < -0.39 is 17.3 Å². The van der Waals surface area contributed by atoms with Crippen LogP contribution in [0, 0.1) is 12.7 Å². The van der Waals surface area contributed by atoms with Crippen molar-refractivity contribution in [3.05, 3.63) is 81.7 Å². The molecule has 9 heteroatoms. The Morgan fingerprint density at radius 2 is 2.03 bits per heavy atom. The fourth-order valence-electron chi connectivity index (χ4n) is 2.97. The second kappa shape index (κ2) is 7.48. The highest BCUT2D eigenvalue weighted by atomic mass is 35.5. The highest BCUT2D eigenvalue weighted by Crippen LogP contribution is 2.20. The van der Waals surface area contributed by atoms with Crippen LogP contribution >= 0.6 is 11.6 Å². The van der Waals surface area contributed by atoms with Crippen LogP contribution in [0.5, 0.6) is 0 Å². The highest BCUT2D eigenvalue weighted by molar-refractivity contribution is 6.30. The van der Waals surface area contributed by atoms with Crippen molar-refractivity contribution in [3.8, 4) is 5.69 Å². The zero-order valence-electron chi connectivity index (χ0n) is 15.3. The molecule has 4 rings (SSSR count). The van der Waals surface area contributed by atoms with Crippen molar-refractivity contribution in [2.24, 2.45) is 0 Å². The molecule has 0 aliphatic carbocycles. The molecule has 29 heavy (non-hydrogen) atoms. The number of aromatic nitrogens is 4. The molecule has 1 N–H and O–H groups in total. The van der Waals surface area contributed by atoms with E-state index in [2.05, 4.69) is 15.4 Å². The normalized spacial score (nSPS) is 11.0. The van der Waals surface area contributed by atoms with E-state index in [9.17, 15) is 14.0 Å². The maximum atomic E-state index is 13.5. The van der Waals surface area contributed by atoms with Crippen molar-refractivity contribution in [1.29, 1.82) is 0 Å². The number of benzene rings is 2. The Balaban J connectivity index is 1.61. The summed E-state index contributed by atoms with van der Waals surface area (Å²) in [7, 11) is 0. The third kappa shape index (κ3) is 3.88. The van der Waals surface area contributed by atoms with Gasteiger partial charge < -0.3 is 5.32 Å². The molecule has 0 aliphatic heterocycles. The first kappa shape index (κ1) is 18.8. The summed E-state index contributed by atoms with van der Waals surface area (Å²) < 4.78 is 16.1. The molecule has 0 bridgehead atoms. The number of carbonyl (C=O) groups excluding carboxylic acids is 1. The van der Waals surface area contributed by atoms with Crippen LogP contribution in [0.15, 0.2) is 59.7 Å². The van der Waals surface area contributed by atoms with Crippen LogP contribution in [0.1, 0.15) is 5.69 Å². The fourth-order valence-corrected chi connectivity index (χ4v) is 3.16. The summed E-state index contributed by atoms with van der Waals surface area (Å²) in [6, 6.07) is 12.5. The molecule has 2 heterocycles. The predicted octanol–water partition coefficient (Wildman–Crippen LogP) is 3.32. The lowest BCUT2D eigenvalue weighted by atomic mass is 10.2. The van der Waals surface area contributed by atoms with Crippen molar-refractivity contribution in [3.63, 3.8) is 0 Å². The van der Waals surface area contributed by atoms with Gasteiger partial charge in [0.2, 0.25) is 5.91 Å². The number of hydrogen-bond acceptors (Lipinski definition) is 4. The van der Waals surface area contributed by atoms with Gasteiger partial charge in [0.1, 0.15) is 18.2 Å². The molecular weight excluding hydrogens is 397 g/mol. The Labute approximate surface area is 169 Å². The second-order valence-corrected chi connectivity index (χ2v) is 6.89. The van der Waals surface area contributed by atoms with E-state index in [0.717, 1.165) is 10.6 Å². The van der Waals surface area contributed by atoms with Crippen molar-refractivity contribution in [1.82, 2.24) is 19.3 Å². The van der Waals surface area contributed by atoms with Gasteiger partial charge in [0.15, 0.2) is 0 Å². The van der Waals surface area contributed by atoms with E-state index in [-0.39, 0.29) is 11.9 Å². The van der Waals surface area contributed by atoms with E-state index in [1.165, 1.54) is 18.5 Å². The monoisotopic (exact) mass is 411 g/mol. The molecule has 0 spiro atoms. The Kier molecular flexibility index (Phi) is 4.85. The van der Waals surface area contributed by atoms with Crippen molar-refractivity contribution in [2.45, 2.75) is 13.5 Å². The van der Waals surface area contributed by atoms with Crippen LogP contribution in [0.3, 0.4) is 0 Å². The lowest BCUT2D eigenvalue weighted by molar-refractivity contribution is -0.116. The van der Waals surface area contributed by atoms with Gasteiger partial charge >= 0.3 is 0 Å². The third-order valence-corrected chi connectivity index (χ3v) is 4.49. The Morgan fingerprint density at radius 3 is 2.83 bits per heavy atom. The molecular formula is C20H15ClFN5O2. The number of hydrogen-bond donors (Lipinski definition) is 1. The molecule has 2 aromatic heterocycles. The molecule has 0 aliphatic rings. The Morgan fingerprint density at radius 1 is 1.21 bits per heavy atom. The molecule has 146 valence electrons. The lowest BCUT2D eigenvalue weighted by Gasteiger charge is -2.10. The van der Waals surface area contributed by atoms with Crippen molar-refractivity contribution < 1.29 is 9.18 Å². The zero-order valence-corrected chi connectivity index (χ0v) is 16.0. The summed E-state index contributed by atoms with van der Waals surface area (Å²) in [6.07, 6.45) is 1.27. The van der Waals surface area contributed by atoms with Gasteiger partial charge in [-0.1, -0.05) is 17.7 Å². The minimum absolute atomic E-state index is 0.111. The van der Waals surface area contributed by atoms with Gasteiger partial charge in [-0.2, -0.15) is 5.10 Å². The number of nitrogens with zero attached hydrogens (tertiary/aromatic N) is 4. The summed E-state index contributed by atoms with van der Waals surface area (Å²) in [5.41, 5.74) is 1.24. The van der Waals surface area contributed by atoms with Crippen molar-refractivity contribution >= 4 is 34.2 Å². The van der Waals surface area contributed by atoms with E-state index >= 15 is 0 Å². The molecule has 7 nitrogen and oxygen atoms in total. The molecule has 0 saturated heterocycles. The standard InChI is InChI=1S/C20H15ClFN5O2/c1-12-7-18(27(25-12)15-4-2-3-13(21)8-15)24-19(28)10-26-11-23-17-6-5-14(22)9-16(17)20(26)29/h2-9,11H,10H2,1H3,(H,24,28). The number of halogens is 2. The number of rotatable bonds is 4. The van der Waals surface area contributed by atoms with E-state index in [1.807, 2.05) is 0 Å². The SMILES string of the molecule is Cc1cc(NC(=O)Cn2cnc3ccc(F)cc3c2=O)n(-c2cccc(Cl)c2)n1. The topological polar surface area (TPSA) is 81.8 Å². The van der Waals surface area contributed by atoms with Crippen molar-refractivity contribution in [2.75, 3.05) is 5.32 Å². The van der Waals surface area contributed by atoms with Crippen LogP contribution in [0.2, 0.25) is 5.02 Å². The number of nitrogens with one attached hydrogen (secondary N) is 1. The number of anilines is 1. The summed E-state index contributed by atoms with van der Waals surface area (Å²) in [4.78, 5) is 29.2. The number of aryl methyl sites for hydroxylation is 1. The maximum absolute atomic E-state index is 13.5. The zero-order chi connectivity index (χ0) is 20.5. The minimum Gasteiger partial charge on any atom is -0.309 e. The van der Waals surface area contributed by atoms with Gasteiger partial charge in [-0.3, -0.25) is 14.2 Å². The average molecular weight is 412 g/mol. The number of amides is 1. The smallest absolute Gasteiger partial charge is 0.261 e.